The highest BCUT2D eigenvalue weighted by Crippen LogP contribution is 2.30. The summed E-state index contributed by atoms with van der Waals surface area (Å²) in [4.78, 5) is 106. The molecule has 364 valence electrons. The summed E-state index contributed by atoms with van der Waals surface area (Å²) in [5.74, 6) is -6.74. The van der Waals surface area contributed by atoms with Gasteiger partial charge in [0.2, 0.25) is 11.8 Å². The first-order chi connectivity index (χ1) is 31.6. The zero-order valence-electron chi connectivity index (χ0n) is 39.6. The van der Waals surface area contributed by atoms with Crippen LogP contribution in [0.15, 0.2) is 91.0 Å². The molecule has 0 spiro atoms. The highest BCUT2D eigenvalue weighted by molar-refractivity contribution is 6.00. The fraction of sp³-hybridized carbons (Fsp3) is 0.480. The molecule has 2 amide bonds. The van der Waals surface area contributed by atoms with Crippen molar-refractivity contribution < 1.29 is 71.5 Å². The van der Waals surface area contributed by atoms with Gasteiger partial charge in [0.05, 0.1) is 12.0 Å². The Morgan fingerprint density at radius 1 is 0.448 bits per heavy atom. The second kappa shape index (κ2) is 25.9. The van der Waals surface area contributed by atoms with Crippen molar-refractivity contribution in [2.45, 2.75) is 81.6 Å². The van der Waals surface area contributed by atoms with Gasteiger partial charge < -0.3 is 43.8 Å². The SMILES string of the molecule is CC(C)CNC(=O)CCNC(=O)COCC(COC(=O)C(C)(C)C(=O)OCc1ccccc1)(COC(=O)C(C)(C)C(=O)OCc1ccccc1)COC(=O)C(C)(C)C(=O)OCc1ccccc1. The van der Waals surface area contributed by atoms with Crippen LogP contribution in [0.3, 0.4) is 0 Å². The van der Waals surface area contributed by atoms with Gasteiger partial charge in [-0.2, -0.15) is 0 Å². The molecule has 17 nitrogen and oxygen atoms in total. The van der Waals surface area contributed by atoms with Gasteiger partial charge in [-0.15, -0.1) is 0 Å². The third-order valence-corrected chi connectivity index (χ3v) is 10.3. The molecular weight excluding hydrogens is 869 g/mol. The van der Waals surface area contributed by atoms with Crippen molar-refractivity contribution in [3.8, 4) is 0 Å². The minimum Gasteiger partial charge on any atom is -0.464 e. The number of benzene rings is 3. The van der Waals surface area contributed by atoms with Crippen LogP contribution in [0.2, 0.25) is 0 Å². The summed E-state index contributed by atoms with van der Waals surface area (Å²) in [6, 6.07) is 26.3. The van der Waals surface area contributed by atoms with Crippen LogP contribution in [0.25, 0.3) is 0 Å². The van der Waals surface area contributed by atoms with E-state index in [2.05, 4.69) is 10.6 Å². The van der Waals surface area contributed by atoms with Crippen LogP contribution < -0.4 is 10.6 Å². The van der Waals surface area contributed by atoms with Crippen molar-refractivity contribution in [2.75, 3.05) is 46.1 Å². The zero-order chi connectivity index (χ0) is 49.7. The van der Waals surface area contributed by atoms with Crippen molar-refractivity contribution in [2.24, 2.45) is 27.6 Å². The van der Waals surface area contributed by atoms with Crippen molar-refractivity contribution >= 4 is 47.6 Å². The molecule has 0 atom stereocenters. The summed E-state index contributed by atoms with van der Waals surface area (Å²) in [5.41, 5.74) is -5.57. The number of hydrogen-bond donors (Lipinski definition) is 2. The second-order valence-corrected chi connectivity index (χ2v) is 18.1. The third-order valence-electron chi connectivity index (χ3n) is 10.3. The quantitative estimate of drug-likeness (QED) is 0.0569. The topological polar surface area (TPSA) is 225 Å². The van der Waals surface area contributed by atoms with Crippen LogP contribution in [0.4, 0.5) is 0 Å². The Kier molecular flexibility index (Phi) is 21.2. The molecule has 17 heteroatoms. The first kappa shape index (κ1) is 54.7. The van der Waals surface area contributed by atoms with E-state index in [1.807, 2.05) is 13.8 Å². The van der Waals surface area contributed by atoms with E-state index in [0.29, 0.717) is 23.2 Å². The van der Waals surface area contributed by atoms with E-state index in [1.54, 1.807) is 91.0 Å². The zero-order valence-corrected chi connectivity index (χ0v) is 39.6. The lowest BCUT2D eigenvalue weighted by Crippen LogP contribution is -2.48. The first-order valence-corrected chi connectivity index (χ1v) is 21.9. The van der Waals surface area contributed by atoms with Gasteiger partial charge in [-0.3, -0.25) is 38.4 Å². The molecule has 0 aliphatic heterocycles. The van der Waals surface area contributed by atoms with Gasteiger partial charge in [0, 0.05) is 19.5 Å². The monoisotopic (exact) mass is 932 g/mol. The van der Waals surface area contributed by atoms with Crippen molar-refractivity contribution in [3.05, 3.63) is 108 Å². The van der Waals surface area contributed by atoms with Crippen molar-refractivity contribution in [1.29, 1.82) is 0 Å². The Hall–Kier alpha value is -6.62. The normalized spacial score (nSPS) is 11.7. The maximum atomic E-state index is 13.8. The van der Waals surface area contributed by atoms with Crippen LogP contribution in [0, 0.1) is 27.6 Å². The number of esters is 6. The Balaban J connectivity index is 1.90. The lowest BCUT2D eigenvalue weighted by atomic mass is 9.89. The number of carbonyl (C=O) groups excluding carboxylic acids is 8. The van der Waals surface area contributed by atoms with Crippen LogP contribution in [-0.2, 0) is 91.3 Å². The van der Waals surface area contributed by atoms with Gasteiger partial charge >= 0.3 is 35.8 Å². The van der Waals surface area contributed by atoms with Crippen LogP contribution in [-0.4, -0.2) is 93.8 Å². The van der Waals surface area contributed by atoms with E-state index in [9.17, 15) is 38.4 Å². The van der Waals surface area contributed by atoms with E-state index in [4.69, 9.17) is 33.2 Å². The summed E-state index contributed by atoms with van der Waals surface area (Å²) in [6.07, 6.45) is -0.0129. The smallest absolute Gasteiger partial charge is 0.323 e. The lowest BCUT2D eigenvalue weighted by Gasteiger charge is -2.34. The van der Waals surface area contributed by atoms with E-state index >= 15 is 0 Å². The van der Waals surface area contributed by atoms with Gasteiger partial charge in [-0.1, -0.05) is 105 Å². The maximum Gasteiger partial charge on any atom is 0.323 e. The van der Waals surface area contributed by atoms with Crippen LogP contribution >= 0.6 is 0 Å². The summed E-state index contributed by atoms with van der Waals surface area (Å²) < 4.78 is 39.2. The van der Waals surface area contributed by atoms with Crippen molar-refractivity contribution in [3.63, 3.8) is 0 Å². The van der Waals surface area contributed by atoms with E-state index < -0.39 is 96.4 Å². The Bertz CT molecular complexity index is 1920. The molecule has 0 saturated heterocycles. The molecule has 0 bridgehead atoms. The molecule has 67 heavy (non-hydrogen) atoms. The molecule has 0 aliphatic rings. The number of carbonyl (C=O) groups is 8. The highest BCUT2D eigenvalue weighted by Gasteiger charge is 2.47. The number of nitrogens with one attached hydrogen (secondary N) is 2. The first-order valence-electron chi connectivity index (χ1n) is 21.9. The summed E-state index contributed by atoms with van der Waals surface area (Å²) in [6.45, 7) is 8.03. The molecule has 0 aliphatic carbocycles. The summed E-state index contributed by atoms with van der Waals surface area (Å²) in [5, 5.41) is 5.32. The predicted molar refractivity (Wildman–Crippen MR) is 242 cm³/mol. The molecule has 0 radical (unpaired) electrons. The van der Waals surface area contributed by atoms with Crippen molar-refractivity contribution in [1.82, 2.24) is 10.6 Å². The average Bonchev–Trinajstić information content (AvgIpc) is 3.31. The lowest BCUT2D eigenvalue weighted by molar-refractivity contribution is -0.185. The molecule has 0 heterocycles. The Morgan fingerprint density at radius 3 is 1.10 bits per heavy atom. The van der Waals surface area contributed by atoms with Gasteiger partial charge in [-0.05, 0) is 64.2 Å². The van der Waals surface area contributed by atoms with E-state index in [-0.39, 0.29) is 44.6 Å². The van der Waals surface area contributed by atoms with Gasteiger partial charge in [0.1, 0.15) is 46.2 Å². The number of hydrogen-bond acceptors (Lipinski definition) is 15. The molecule has 0 unspecified atom stereocenters. The molecular formula is C50H64N2O15. The fourth-order valence-corrected chi connectivity index (χ4v) is 5.54. The largest absolute Gasteiger partial charge is 0.464 e. The molecule has 2 N–H and O–H groups in total. The van der Waals surface area contributed by atoms with E-state index in [1.165, 1.54) is 41.5 Å². The summed E-state index contributed by atoms with van der Waals surface area (Å²) >= 11 is 0. The van der Waals surface area contributed by atoms with Crippen LogP contribution in [0.1, 0.15) is 78.5 Å². The van der Waals surface area contributed by atoms with Gasteiger partial charge in [0.25, 0.3) is 0 Å². The fourth-order valence-electron chi connectivity index (χ4n) is 5.54. The summed E-state index contributed by atoms with van der Waals surface area (Å²) in [7, 11) is 0. The molecule has 3 aromatic carbocycles. The molecule has 3 rings (SSSR count). The predicted octanol–water partition coefficient (Wildman–Crippen LogP) is 5.21. The molecule has 3 aromatic rings. The third kappa shape index (κ3) is 17.9. The van der Waals surface area contributed by atoms with Gasteiger partial charge in [-0.25, -0.2) is 0 Å². The number of ether oxygens (including phenoxy) is 7. The second-order valence-electron chi connectivity index (χ2n) is 18.1. The number of amides is 2. The Labute approximate surface area is 391 Å². The molecule has 0 fully saturated rings. The standard InChI is InChI=1S/C50H64N2O15/c1-35(2)26-52-39(53)24-25-51-40(54)30-61-31-50(32-65-44(58)47(3,4)41(55)62-27-36-18-12-9-13-19-36,33-66-45(59)48(5,6)42(56)63-28-37-20-14-10-15-21-37)34-67-46(60)49(7,8)43(57)64-29-38-22-16-11-17-23-38/h9-23,35H,24-34H2,1-8H3,(H,51,54)(H,52,53). The Morgan fingerprint density at radius 2 is 0.776 bits per heavy atom. The highest BCUT2D eigenvalue weighted by atomic mass is 16.6. The average molecular weight is 933 g/mol. The van der Waals surface area contributed by atoms with Gasteiger partial charge in [0.15, 0.2) is 16.2 Å². The van der Waals surface area contributed by atoms with Crippen LogP contribution in [0.5, 0.6) is 0 Å². The van der Waals surface area contributed by atoms with E-state index in [0.717, 1.165) is 0 Å². The number of rotatable bonds is 27. The molecule has 0 aromatic heterocycles. The molecule has 0 saturated carbocycles. The maximum absolute atomic E-state index is 13.8. The minimum absolute atomic E-state index is 0.0129. The minimum atomic E-state index is -1.90.